The maximum Gasteiger partial charge on any atom is 0.218 e. The van der Waals surface area contributed by atoms with Crippen molar-refractivity contribution >= 4 is 5.82 Å². The molecule has 0 aliphatic heterocycles. The number of nitrogens with one attached hydrogen (secondary N) is 1. The molecule has 0 aromatic carbocycles. The minimum absolute atomic E-state index is 0.401. The van der Waals surface area contributed by atoms with Gasteiger partial charge >= 0.3 is 0 Å². The summed E-state index contributed by atoms with van der Waals surface area (Å²) in [6.07, 6.45) is 2.43. The SMILES string of the molecule is COCc1nc(NC2CC2)cc(OCC(C)C)n1. The molecule has 100 valence electrons. The van der Waals surface area contributed by atoms with Crippen LogP contribution in [0, 0.1) is 5.92 Å². The molecule has 1 heterocycles. The van der Waals surface area contributed by atoms with Crippen molar-refractivity contribution in [2.75, 3.05) is 19.0 Å². The monoisotopic (exact) mass is 251 g/mol. The topological polar surface area (TPSA) is 56.3 Å². The fraction of sp³-hybridized carbons (Fsp3) is 0.692. The molecule has 0 spiro atoms. The van der Waals surface area contributed by atoms with Crippen LogP contribution in [0.5, 0.6) is 5.88 Å². The Labute approximate surface area is 108 Å². The summed E-state index contributed by atoms with van der Waals surface area (Å²) in [4.78, 5) is 8.73. The molecule has 0 atom stereocenters. The first-order valence-corrected chi connectivity index (χ1v) is 6.43. The van der Waals surface area contributed by atoms with Crippen LogP contribution in [-0.2, 0) is 11.3 Å². The molecule has 0 amide bonds. The Morgan fingerprint density at radius 1 is 1.39 bits per heavy atom. The number of ether oxygens (including phenoxy) is 2. The summed E-state index contributed by atoms with van der Waals surface area (Å²) in [5.41, 5.74) is 0. The van der Waals surface area contributed by atoms with Gasteiger partial charge in [-0.2, -0.15) is 4.98 Å². The minimum atomic E-state index is 0.401. The van der Waals surface area contributed by atoms with E-state index in [0.717, 1.165) is 5.82 Å². The fourth-order valence-electron chi connectivity index (χ4n) is 1.50. The number of nitrogens with zero attached hydrogens (tertiary/aromatic N) is 2. The smallest absolute Gasteiger partial charge is 0.218 e. The molecule has 5 heteroatoms. The van der Waals surface area contributed by atoms with Gasteiger partial charge in [-0.3, -0.25) is 0 Å². The second-order valence-corrected chi connectivity index (χ2v) is 5.06. The number of hydrogen-bond donors (Lipinski definition) is 1. The highest BCUT2D eigenvalue weighted by molar-refractivity contribution is 5.40. The maximum atomic E-state index is 5.65. The van der Waals surface area contributed by atoms with E-state index in [0.29, 0.717) is 36.9 Å². The standard InChI is InChI=1S/C13H21N3O2/c1-9(2)7-18-13-6-11(14-10-4-5-10)15-12(16-13)8-17-3/h6,9-10H,4-5,7-8H2,1-3H3,(H,14,15,16). The highest BCUT2D eigenvalue weighted by Crippen LogP contribution is 2.25. The van der Waals surface area contributed by atoms with Gasteiger partial charge in [-0.15, -0.1) is 0 Å². The molecule has 0 bridgehead atoms. The lowest BCUT2D eigenvalue weighted by atomic mass is 10.2. The summed E-state index contributed by atoms with van der Waals surface area (Å²) in [5, 5.41) is 3.36. The van der Waals surface area contributed by atoms with Gasteiger partial charge in [-0.05, 0) is 18.8 Å². The Bertz CT molecular complexity index is 392. The molecule has 1 aliphatic rings. The third kappa shape index (κ3) is 4.14. The van der Waals surface area contributed by atoms with Crippen molar-refractivity contribution in [2.24, 2.45) is 5.92 Å². The van der Waals surface area contributed by atoms with Crippen molar-refractivity contribution in [3.05, 3.63) is 11.9 Å². The number of aromatic nitrogens is 2. The Kier molecular flexibility index (Phi) is 4.36. The van der Waals surface area contributed by atoms with Crippen LogP contribution in [0.2, 0.25) is 0 Å². The molecule has 1 saturated carbocycles. The molecule has 0 saturated heterocycles. The number of methoxy groups -OCH3 is 1. The van der Waals surface area contributed by atoms with E-state index in [-0.39, 0.29) is 0 Å². The number of hydrogen-bond acceptors (Lipinski definition) is 5. The van der Waals surface area contributed by atoms with Gasteiger partial charge in [-0.25, -0.2) is 4.98 Å². The van der Waals surface area contributed by atoms with Gasteiger partial charge in [0, 0.05) is 19.2 Å². The molecule has 1 N–H and O–H groups in total. The number of anilines is 1. The molecular formula is C13H21N3O2. The average molecular weight is 251 g/mol. The van der Waals surface area contributed by atoms with Crippen LogP contribution in [0.15, 0.2) is 6.07 Å². The van der Waals surface area contributed by atoms with E-state index in [1.165, 1.54) is 12.8 Å². The zero-order valence-electron chi connectivity index (χ0n) is 11.3. The van der Waals surface area contributed by atoms with Crippen molar-refractivity contribution in [2.45, 2.75) is 39.3 Å². The molecule has 1 aromatic heterocycles. The third-order valence-electron chi connectivity index (χ3n) is 2.52. The molecule has 0 radical (unpaired) electrons. The van der Waals surface area contributed by atoms with Crippen LogP contribution >= 0.6 is 0 Å². The van der Waals surface area contributed by atoms with E-state index in [4.69, 9.17) is 9.47 Å². The predicted octanol–water partition coefficient (Wildman–Crippen LogP) is 2.23. The van der Waals surface area contributed by atoms with Crippen molar-refractivity contribution in [3.8, 4) is 5.88 Å². The van der Waals surface area contributed by atoms with Gasteiger partial charge in [0.2, 0.25) is 5.88 Å². The Morgan fingerprint density at radius 2 is 2.17 bits per heavy atom. The third-order valence-corrected chi connectivity index (χ3v) is 2.52. The largest absolute Gasteiger partial charge is 0.477 e. The molecule has 18 heavy (non-hydrogen) atoms. The van der Waals surface area contributed by atoms with Gasteiger partial charge in [0.05, 0.1) is 6.61 Å². The van der Waals surface area contributed by atoms with Crippen LogP contribution in [0.1, 0.15) is 32.5 Å². The summed E-state index contributed by atoms with van der Waals surface area (Å²) in [6.45, 7) is 5.28. The Hall–Kier alpha value is -1.36. The van der Waals surface area contributed by atoms with E-state index >= 15 is 0 Å². The lowest BCUT2D eigenvalue weighted by Crippen LogP contribution is -2.10. The zero-order chi connectivity index (χ0) is 13.0. The van der Waals surface area contributed by atoms with Gasteiger partial charge in [0.1, 0.15) is 12.4 Å². The van der Waals surface area contributed by atoms with Crippen molar-refractivity contribution < 1.29 is 9.47 Å². The van der Waals surface area contributed by atoms with Gasteiger partial charge in [-0.1, -0.05) is 13.8 Å². The first kappa shape index (κ1) is 13.1. The quantitative estimate of drug-likeness (QED) is 0.805. The number of rotatable bonds is 7. The molecular weight excluding hydrogens is 230 g/mol. The van der Waals surface area contributed by atoms with Crippen LogP contribution < -0.4 is 10.1 Å². The van der Waals surface area contributed by atoms with E-state index in [2.05, 4.69) is 29.1 Å². The summed E-state index contributed by atoms with van der Waals surface area (Å²) in [6, 6.07) is 2.42. The van der Waals surface area contributed by atoms with Crippen LogP contribution in [-0.4, -0.2) is 29.7 Å². The highest BCUT2D eigenvalue weighted by Gasteiger charge is 2.22. The van der Waals surface area contributed by atoms with Crippen LogP contribution in [0.3, 0.4) is 0 Å². The Balaban J connectivity index is 2.07. The van der Waals surface area contributed by atoms with E-state index in [9.17, 15) is 0 Å². The Morgan fingerprint density at radius 3 is 2.78 bits per heavy atom. The summed E-state index contributed by atoms with van der Waals surface area (Å²) in [7, 11) is 1.64. The molecule has 0 unspecified atom stereocenters. The van der Waals surface area contributed by atoms with E-state index < -0.39 is 0 Å². The highest BCUT2D eigenvalue weighted by atomic mass is 16.5. The molecule has 1 aromatic rings. The minimum Gasteiger partial charge on any atom is -0.477 e. The molecule has 1 aliphatic carbocycles. The van der Waals surface area contributed by atoms with Gasteiger partial charge in [0.15, 0.2) is 5.82 Å². The van der Waals surface area contributed by atoms with E-state index in [1.54, 1.807) is 7.11 Å². The molecule has 2 rings (SSSR count). The maximum absolute atomic E-state index is 5.65. The lowest BCUT2D eigenvalue weighted by Gasteiger charge is -2.11. The van der Waals surface area contributed by atoms with Crippen LogP contribution in [0.4, 0.5) is 5.82 Å². The van der Waals surface area contributed by atoms with Crippen molar-refractivity contribution in [1.29, 1.82) is 0 Å². The van der Waals surface area contributed by atoms with Crippen LogP contribution in [0.25, 0.3) is 0 Å². The second-order valence-electron chi connectivity index (χ2n) is 5.06. The second kappa shape index (κ2) is 6.00. The van der Waals surface area contributed by atoms with Gasteiger partial charge in [0.25, 0.3) is 0 Å². The van der Waals surface area contributed by atoms with Crippen molar-refractivity contribution in [1.82, 2.24) is 9.97 Å². The average Bonchev–Trinajstić information content (AvgIpc) is 3.10. The van der Waals surface area contributed by atoms with Crippen molar-refractivity contribution in [3.63, 3.8) is 0 Å². The summed E-state index contributed by atoms with van der Waals surface area (Å²) < 4.78 is 10.7. The van der Waals surface area contributed by atoms with Gasteiger partial charge < -0.3 is 14.8 Å². The first-order valence-electron chi connectivity index (χ1n) is 6.43. The fourth-order valence-corrected chi connectivity index (χ4v) is 1.50. The molecule has 5 nitrogen and oxygen atoms in total. The summed E-state index contributed by atoms with van der Waals surface area (Å²) >= 11 is 0. The predicted molar refractivity (Wildman–Crippen MR) is 69.7 cm³/mol. The van der Waals surface area contributed by atoms with E-state index in [1.807, 2.05) is 6.07 Å². The normalized spacial score (nSPS) is 14.9. The molecule has 1 fully saturated rings. The zero-order valence-corrected chi connectivity index (χ0v) is 11.3. The lowest BCUT2D eigenvalue weighted by molar-refractivity contribution is 0.175. The summed E-state index contributed by atoms with van der Waals surface area (Å²) in [5.74, 6) is 2.58. The first-order chi connectivity index (χ1) is 8.67.